The molecule has 0 aliphatic carbocycles. The lowest BCUT2D eigenvalue weighted by molar-refractivity contribution is -0.121. The molecule has 1 amide bonds. The first kappa shape index (κ1) is 14.2. The molecule has 0 heterocycles. The van der Waals surface area contributed by atoms with Gasteiger partial charge in [0.05, 0.1) is 7.11 Å². The van der Waals surface area contributed by atoms with E-state index in [0.29, 0.717) is 11.5 Å². The van der Waals surface area contributed by atoms with Crippen molar-refractivity contribution >= 4 is 28.9 Å². The Balaban J connectivity index is 2.42. The van der Waals surface area contributed by atoms with Crippen LogP contribution in [0.3, 0.4) is 0 Å². The summed E-state index contributed by atoms with van der Waals surface area (Å²) in [6, 6.07) is 7.34. The molecule has 0 aliphatic heterocycles. The molecule has 0 atom stereocenters. The fourth-order valence-corrected chi connectivity index (χ4v) is 1.45. The number of thiocarbonyl (C=S) groups is 1. The minimum atomic E-state index is -0.0905. The highest BCUT2D eigenvalue weighted by Crippen LogP contribution is 2.16. The largest absolute Gasteiger partial charge is 0.497 e. The monoisotopic (exact) mass is 267 g/mol. The normalized spacial score (nSPS) is 9.44. The van der Waals surface area contributed by atoms with Crippen LogP contribution < -0.4 is 20.9 Å². The van der Waals surface area contributed by atoms with Crippen molar-refractivity contribution in [2.45, 2.75) is 19.8 Å². The van der Waals surface area contributed by atoms with Crippen LogP contribution in [0.1, 0.15) is 19.8 Å². The SMILES string of the molecule is CCCC(=O)NNC(=S)Nc1cccc(OC)c1. The lowest BCUT2D eigenvalue weighted by Crippen LogP contribution is -2.43. The fraction of sp³-hybridized carbons (Fsp3) is 0.333. The van der Waals surface area contributed by atoms with E-state index >= 15 is 0 Å². The van der Waals surface area contributed by atoms with Crippen LogP contribution in [0, 0.1) is 0 Å². The van der Waals surface area contributed by atoms with E-state index in [4.69, 9.17) is 17.0 Å². The number of carbonyl (C=O) groups excluding carboxylic acids is 1. The zero-order valence-corrected chi connectivity index (χ0v) is 11.3. The molecule has 0 fully saturated rings. The van der Waals surface area contributed by atoms with Gasteiger partial charge in [-0.3, -0.25) is 15.6 Å². The minimum absolute atomic E-state index is 0.0905. The Morgan fingerprint density at radius 1 is 1.39 bits per heavy atom. The van der Waals surface area contributed by atoms with E-state index < -0.39 is 0 Å². The van der Waals surface area contributed by atoms with Gasteiger partial charge in [-0.05, 0) is 30.8 Å². The highest BCUT2D eigenvalue weighted by molar-refractivity contribution is 7.80. The third-order valence-electron chi connectivity index (χ3n) is 2.12. The topological polar surface area (TPSA) is 62.4 Å². The Morgan fingerprint density at radius 2 is 2.17 bits per heavy atom. The smallest absolute Gasteiger partial charge is 0.238 e. The molecular weight excluding hydrogens is 250 g/mol. The third kappa shape index (κ3) is 5.01. The number of benzene rings is 1. The van der Waals surface area contributed by atoms with Gasteiger partial charge in [-0.1, -0.05) is 13.0 Å². The van der Waals surface area contributed by atoms with Gasteiger partial charge >= 0.3 is 0 Å². The molecular formula is C12H17N3O2S. The van der Waals surface area contributed by atoms with Crippen molar-refractivity contribution in [3.63, 3.8) is 0 Å². The zero-order valence-electron chi connectivity index (χ0n) is 10.4. The Bertz CT molecular complexity index is 424. The van der Waals surface area contributed by atoms with Gasteiger partial charge in [-0.15, -0.1) is 0 Å². The molecule has 0 radical (unpaired) electrons. The Morgan fingerprint density at radius 3 is 2.83 bits per heavy atom. The molecule has 1 aromatic rings. The summed E-state index contributed by atoms with van der Waals surface area (Å²) in [5.41, 5.74) is 5.93. The molecule has 1 rings (SSSR count). The summed E-state index contributed by atoms with van der Waals surface area (Å²) >= 11 is 5.04. The predicted octanol–water partition coefficient (Wildman–Crippen LogP) is 1.81. The molecule has 0 saturated carbocycles. The molecule has 0 saturated heterocycles. The van der Waals surface area contributed by atoms with Crippen LogP contribution in [0.5, 0.6) is 5.75 Å². The van der Waals surface area contributed by atoms with Crippen molar-refractivity contribution in [2.75, 3.05) is 12.4 Å². The van der Waals surface area contributed by atoms with Gasteiger partial charge in [-0.2, -0.15) is 0 Å². The third-order valence-corrected chi connectivity index (χ3v) is 2.32. The second-order valence-electron chi connectivity index (χ2n) is 3.61. The van der Waals surface area contributed by atoms with Gasteiger partial charge in [0.15, 0.2) is 5.11 Å². The maximum atomic E-state index is 11.2. The predicted molar refractivity (Wildman–Crippen MR) is 75.4 cm³/mol. The molecule has 18 heavy (non-hydrogen) atoms. The van der Waals surface area contributed by atoms with Crippen LogP contribution in [-0.4, -0.2) is 18.1 Å². The van der Waals surface area contributed by atoms with Crippen molar-refractivity contribution in [3.8, 4) is 5.75 Å². The summed E-state index contributed by atoms with van der Waals surface area (Å²) in [4.78, 5) is 11.2. The van der Waals surface area contributed by atoms with Gasteiger partial charge in [-0.25, -0.2) is 0 Å². The number of amides is 1. The minimum Gasteiger partial charge on any atom is -0.497 e. The summed E-state index contributed by atoms with van der Waals surface area (Å²) in [5, 5.41) is 3.27. The summed E-state index contributed by atoms with van der Waals surface area (Å²) in [6.45, 7) is 1.94. The van der Waals surface area contributed by atoms with E-state index in [-0.39, 0.29) is 5.91 Å². The Labute approximate surface area is 112 Å². The van der Waals surface area contributed by atoms with Crippen molar-refractivity contribution in [2.24, 2.45) is 0 Å². The molecule has 6 heteroatoms. The van der Waals surface area contributed by atoms with E-state index in [2.05, 4.69) is 16.2 Å². The number of hydrazine groups is 1. The van der Waals surface area contributed by atoms with E-state index in [1.807, 2.05) is 31.2 Å². The number of nitrogens with one attached hydrogen (secondary N) is 3. The number of hydrogen-bond donors (Lipinski definition) is 3. The van der Waals surface area contributed by atoms with E-state index in [1.54, 1.807) is 7.11 Å². The number of anilines is 1. The van der Waals surface area contributed by atoms with Crippen molar-refractivity contribution in [1.82, 2.24) is 10.9 Å². The van der Waals surface area contributed by atoms with E-state index in [0.717, 1.165) is 17.9 Å². The van der Waals surface area contributed by atoms with Crippen LogP contribution in [0.2, 0.25) is 0 Å². The highest BCUT2D eigenvalue weighted by Gasteiger charge is 2.01. The van der Waals surface area contributed by atoms with Gasteiger partial charge in [0.1, 0.15) is 5.75 Å². The second kappa shape index (κ2) is 7.50. The quantitative estimate of drug-likeness (QED) is 0.574. The van der Waals surface area contributed by atoms with Crippen molar-refractivity contribution in [3.05, 3.63) is 24.3 Å². The molecule has 0 aliphatic rings. The number of rotatable bonds is 4. The average molecular weight is 267 g/mol. The van der Waals surface area contributed by atoms with Crippen molar-refractivity contribution < 1.29 is 9.53 Å². The van der Waals surface area contributed by atoms with Crippen LogP contribution in [-0.2, 0) is 4.79 Å². The first-order valence-electron chi connectivity index (χ1n) is 5.65. The van der Waals surface area contributed by atoms with Gasteiger partial charge in [0.2, 0.25) is 5.91 Å². The molecule has 0 unspecified atom stereocenters. The maximum absolute atomic E-state index is 11.2. The van der Waals surface area contributed by atoms with Gasteiger partial charge < -0.3 is 10.1 Å². The molecule has 98 valence electrons. The first-order chi connectivity index (χ1) is 8.65. The maximum Gasteiger partial charge on any atom is 0.238 e. The van der Waals surface area contributed by atoms with Crippen molar-refractivity contribution in [1.29, 1.82) is 0 Å². The van der Waals surface area contributed by atoms with E-state index in [1.165, 1.54) is 0 Å². The van der Waals surface area contributed by atoms with Gasteiger partial charge in [0.25, 0.3) is 0 Å². The molecule has 3 N–H and O–H groups in total. The summed E-state index contributed by atoms with van der Waals surface area (Å²) in [7, 11) is 1.60. The van der Waals surface area contributed by atoms with Gasteiger partial charge in [0, 0.05) is 18.2 Å². The molecule has 0 bridgehead atoms. The summed E-state index contributed by atoms with van der Waals surface area (Å²) in [5.74, 6) is 0.644. The second-order valence-corrected chi connectivity index (χ2v) is 4.02. The lowest BCUT2D eigenvalue weighted by Gasteiger charge is -2.11. The molecule has 1 aromatic carbocycles. The van der Waals surface area contributed by atoms with Crippen LogP contribution in [0.15, 0.2) is 24.3 Å². The zero-order chi connectivity index (χ0) is 13.4. The fourth-order valence-electron chi connectivity index (χ4n) is 1.28. The Kier molecular flexibility index (Phi) is 5.93. The van der Waals surface area contributed by atoms with Crippen LogP contribution in [0.25, 0.3) is 0 Å². The summed E-state index contributed by atoms with van der Waals surface area (Å²) in [6.07, 6.45) is 1.26. The average Bonchev–Trinajstić information content (AvgIpc) is 2.37. The van der Waals surface area contributed by atoms with Crippen LogP contribution in [0.4, 0.5) is 5.69 Å². The number of carbonyl (C=O) groups is 1. The number of hydrogen-bond acceptors (Lipinski definition) is 3. The highest BCUT2D eigenvalue weighted by atomic mass is 32.1. The van der Waals surface area contributed by atoms with Crippen LogP contribution >= 0.6 is 12.2 Å². The summed E-state index contributed by atoms with van der Waals surface area (Å²) < 4.78 is 5.09. The van der Waals surface area contributed by atoms with E-state index in [9.17, 15) is 4.79 Å². The molecule has 0 aromatic heterocycles. The number of methoxy groups -OCH3 is 1. The standard InChI is InChI=1S/C12H17N3O2S/c1-3-5-11(16)14-15-12(18)13-9-6-4-7-10(8-9)17-2/h4,6-8H,3,5H2,1-2H3,(H,14,16)(H2,13,15,18). The molecule has 0 spiro atoms. The number of ether oxygens (including phenoxy) is 1. The lowest BCUT2D eigenvalue weighted by atomic mass is 10.3. The first-order valence-corrected chi connectivity index (χ1v) is 6.06. The molecule has 5 nitrogen and oxygen atoms in total. The Hall–Kier alpha value is -1.82.